The Balaban J connectivity index is 1.68. The third-order valence-electron chi connectivity index (χ3n) is 5.15. The molecule has 2 aliphatic rings. The molecule has 0 spiro atoms. The van der Waals surface area contributed by atoms with Crippen LogP contribution in [-0.2, 0) is 0 Å². The van der Waals surface area contributed by atoms with Crippen LogP contribution < -0.4 is 0 Å². The number of aliphatic hydroxyl groups excluding tert-OH is 1. The molecule has 4 heteroatoms. The number of likely N-dealkylation sites (N-methyl/N-ethyl adjacent to an activating group) is 1. The van der Waals surface area contributed by atoms with Gasteiger partial charge in [0.1, 0.15) is 0 Å². The van der Waals surface area contributed by atoms with Crippen LogP contribution in [0.4, 0.5) is 0 Å². The highest BCUT2D eigenvalue weighted by atomic mass is 16.3. The molecular formula is C17H34N2O2. The van der Waals surface area contributed by atoms with Crippen LogP contribution in [0.2, 0.25) is 0 Å². The van der Waals surface area contributed by atoms with E-state index < -0.39 is 5.60 Å². The van der Waals surface area contributed by atoms with E-state index in [1.807, 2.05) is 6.92 Å². The highest BCUT2D eigenvalue weighted by molar-refractivity contribution is 4.86. The molecule has 21 heavy (non-hydrogen) atoms. The summed E-state index contributed by atoms with van der Waals surface area (Å²) < 4.78 is 0. The number of hydrogen-bond acceptors (Lipinski definition) is 4. The zero-order chi connectivity index (χ0) is 15.3. The van der Waals surface area contributed by atoms with Crippen LogP contribution in [0.25, 0.3) is 0 Å². The molecule has 4 nitrogen and oxygen atoms in total. The first-order valence-electron chi connectivity index (χ1n) is 8.78. The van der Waals surface area contributed by atoms with Crippen molar-refractivity contribution in [1.82, 2.24) is 9.80 Å². The molecule has 0 radical (unpaired) electrons. The van der Waals surface area contributed by atoms with E-state index >= 15 is 0 Å². The van der Waals surface area contributed by atoms with Crippen molar-refractivity contribution >= 4 is 0 Å². The first kappa shape index (κ1) is 17.2. The number of rotatable bonds is 6. The maximum Gasteiger partial charge on any atom is 0.0774 e. The molecule has 0 aromatic carbocycles. The first-order valence-corrected chi connectivity index (χ1v) is 8.78. The molecule has 2 N–H and O–H groups in total. The molecule has 0 aromatic rings. The smallest absolute Gasteiger partial charge is 0.0774 e. The van der Waals surface area contributed by atoms with Crippen LogP contribution in [-0.4, -0.2) is 71.5 Å². The van der Waals surface area contributed by atoms with Crippen LogP contribution in [0.5, 0.6) is 0 Å². The van der Waals surface area contributed by atoms with Gasteiger partial charge in [-0.25, -0.2) is 0 Å². The highest BCUT2D eigenvalue weighted by Crippen LogP contribution is 2.29. The van der Waals surface area contributed by atoms with Gasteiger partial charge in [0.15, 0.2) is 0 Å². The number of aliphatic hydroxyl groups is 2. The Labute approximate surface area is 130 Å². The van der Waals surface area contributed by atoms with Gasteiger partial charge in [0.05, 0.1) is 11.7 Å². The lowest BCUT2D eigenvalue weighted by molar-refractivity contribution is -0.0252. The predicted molar refractivity (Wildman–Crippen MR) is 86.4 cm³/mol. The number of nitrogens with zero attached hydrogens (tertiary/aromatic N) is 2. The Bertz CT molecular complexity index is 295. The summed E-state index contributed by atoms with van der Waals surface area (Å²) in [6.07, 6.45) is 7.82. The standard InChI is InChI=1S/C17H34N2O2/c1-15(20)12-19-10-6-16(7-11-19)13-18(2)14-17(21)8-4-3-5-9-17/h15-16,20-21H,3-14H2,1-2H3/t15-/m1/s1. The van der Waals surface area contributed by atoms with Gasteiger partial charge in [0.25, 0.3) is 0 Å². The van der Waals surface area contributed by atoms with Crippen molar-refractivity contribution in [1.29, 1.82) is 0 Å². The summed E-state index contributed by atoms with van der Waals surface area (Å²) in [5, 5.41) is 20.1. The summed E-state index contributed by atoms with van der Waals surface area (Å²) in [5.74, 6) is 0.743. The SMILES string of the molecule is C[C@@H](O)CN1CCC(CN(C)CC2(O)CCCCC2)CC1. The van der Waals surface area contributed by atoms with Crippen LogP contribution in [0, 0.1) is 5.92 Å². The van der Waals surface area contributed by atoms with E-state index in [1.165, 1.54) is 32.1 Å². The fraction of sp³-hybridized carbons (Fsp3) is 1.00. The summed E-state index contributed by atoms with van der Waals surface area (Å²) in [5.41, 5.74) is -0.431. The molecule has 2 rings (SSSR count). The largest absolute Gasteiger partial charge is 0.392 e. The summed E-state index contributed by atoms with van der Waals surface area (Å²) in [6, 6.07) is 0. The van der Waals surface area contributed by atoms with E-state index in [1.54, 1.807) is 0 Å². The number of hydrogen-bond donors (Lipinski definition) is 2. The van der Waals surface area contributed by atoms with Crippen LogP contribution >= 0.6 is 0 Å². The third-order valence-corrected chi connectivity index (χ3v) is 5.15. The van der Waals surface area contributed by atoms with Gasteiger partial charge < -0.3 is 20.0 Å². The van der Waals surface area contributed by atoms with Gasteiger partial charge in [-0.15, -0.1) is 0 Å². The van der Waals surface area contributed by atoms with E-state index in [0.29, 0.717) is 0 Å². The van der Waals surface area contributed by atoms with Crippen molar-refractivity contribution < 1.29 is 10.2 Å². The average Bonchev–Trinajstić information content (AvgIpc) is 2.40. The van der Waals surface area contributed by atoms with Crippen LogP contribution in [0.3, 0.4) is 0 Å². The Morgan fingerprint density at radius 1 is 1.19 bits per heavy atom. The second kappa shape index (κ2) is 7.91. The van der Waals surface area contributed by atoms with Crippen molar-refractivity contribution in [2.45, 2.75) is 63.6 Å². The number of piperidine rings is 1. The Morgan fingerprint density at radius 3 is 2.38 bits per heavy atom. The number of β-amino-alcohol motifs (C(OH)–C–C–N with tert-alkyl or cyclic N) is 1. The highest BCUT2D eigenvalue weighted by Gasteiger charge is 2.31. The molecule has 1 saturated carbocycles. The molecule has 2 fully saturated rings. The molecule has 0 aromatic heterocycles. The molecule has 124 valence electrons. The van der Waals surface area contributed by atoms with Gasteiger partial charge >= 0.3 is 0 Å². The molecule has 1 heterocycles. The van der Waals surface area contributed by atoms with E-state index in [2.05, 4.69) is 16.8 Å². The molecular weight excluding hydrogens is 264 g/mol. The van der Waals surface area contributed by atoms with Gasteiger partial charge in [-0.3, -0.25) is 0 Å². The van der Waals surface area contributed by atoms with E-state index in [4.69, 9.17) is 0 Å². The maximum absolute atomic E-state index is 10.6. The topological polar surface area (TPSA) is 46.9 Å². The Kier molecular flexibility index (Phi) is 6.48. The van der Waals surface area contributed by atoms with Crippen molar-refractivity contribution in [2.24, 2.45) is 5.92 Å². The monoisotopic (exact) mass is 298 g/mol. The molecule has 1 atom stereocenters. The van der Waals surface area contributed by atoms with Crippen molar-refractivity contribution in [3.05, 3.63) is 0 Å². The molecule has 1 saturated heterocycles. The van der Waals surface area contributed by atoms with Crippen molar-refractivity contribution in [3.8, 4) is 0 Å². The minimum Gasteiger partial charge on any atom is -0.392 e. The minimum atomic E-state index is -0.431. The lowest BCUT2D eigenvalue weighted by Gasteiger charge is -2.38. The fourth-order valence-corrected chi connectivity index (χ4v) is 4.10. The van der Waals surface area contributed by atoms with E-state index in [-0.39, 0.29) is 6.10 Å². The predicted octanol–water partition coefficient (Wildman–Crippen LogP) is 1.71. The van der Waals surface area contributed by atoms with Crippen molar-refractivity contribution in [3.63, 3.8) is 0 Å². The van der Waals surface area contributed by atoms with Gasteiger partial charge in [-0.2, -0.15) is 0 Å². The molecule has 0 bridgehead atoms. The normalized spacial score (nSPS) is 26.1. The second-order valence-corrected chi connectivity index (χ2v) is 7.57. The van der Waals surface area contributed by atoms with E-state index in [0.717, 1.165) is 51.5 Å². The second-order valence-electron chi connectivity index (χ2n) is 7.57. The molecule has 1 aliphatic carbocycles. The summed E-state index contributed by atoms with van der Waals surface area (Å²) >= 11 is 0. The van der Waals surface area contributed by atoms with Crippen LogP contribution in [0.1, 0.15) is 51.9 Å². The third kappa shape index (κ3) is 5.85. The zero-order valence-electron chi connectivity index (χ0n) is 13.9. The first-order chi connectivity index (χ1) is 9.97. The fourth-order valence-electron chi connectivity index (χ4n) is 4.10. The van der Waals surface area contributed by atoms with Crippen molar-refractivity contribution in [2.75, 3.05) is 39.8 Å². The van der Waals surface area contributed by atoms with Gasteiger partial charge in [0, 0.05) is 19.6 Å². The summed E-state index contributed by atoms with van der Waals surface area (Å²) in [4.78, 5) is 4.72. The quantitative estimate of drug-likeness (QED) is 0.784. The Morgan fingerprint density at radius 2 is 1.81 bits per heavy atom. The Hall–Kier alpha value is -0.160. The molecule has 1 aliphatic heterocycles. The lowest BCUT2D eigenvalue weighted by Crippen LogP contribution is -2.46. The van der Waals surface area contributed by atoms with Gasteiger partial charge in [-0.05, 0) is 58.7 Å². The minimum absolute atomic E-state index is 0.218. The average molecular weight is 298 g/mol. The summed E-state index contributed by atoms with van der Waals surface area (Å²) in [7, 11) is 2.16. The lowest BCUT2D eigenvalue weighted by atomic mass is 9.84. The maximum atomic E-state index is 10.6. The van der Waals surface area contributed by atoms with Crippen LogP contribution in [0.15, 0.2) is 0 Å². The zero-order valence-corrected chi connectivity index (χ0v) is 13.9. The van der Waals surface area contributed by atoms with Gasteiger partial charge in [0.2, 0.25) is 0 Å². The summed E-state index contributed by atoms with van der Waals surface area (Å²) in [6.45, 7) is 6.82. The number of likely N-dealkylation sites (tertiary alicyclic amines) is 1. The van der Waals surface area contributed by atoms with E-state index in [9.17, 15) is 10.2 Å². The molecule has 0 amide bonds. The molecule has 0 unspecified atom stereocenters. The van der Waals surface area contributed by atoms with Gasteiger partial charge in [-0.1, -0.05) is 19.3 Å².